The van der Waals surface area contributed by atoms with Crippen LogP contribution in [0.4, 0.5) is 5.13 Å². The lowest BCUT2D eigenvalue weighted by Gasteiger charge is -2.56. The number of thiazole rings is 1. The molecule has 3 aromatic rings. The molecule has 2 heterocycles. The Bertz CT molecular complexity index is 1070. The quantitative estimate of drug-likeness (QED) is 0.519. The molecule has 0 aliphatic heterocycles. The third-order valence-corrected chi connectivity index (χ3v) is 8.90. The van der Waals surface area contributed by atoms with Gasteiger partial charge in [0.1, 0.15) is 0 Å². The minimum atomic E-state index is -0.141. The van der Waals surface area contributed by atoms with Gasteiger partial charge in [-0.1, -0.05) is 17.4 Å². The van der Waals surface area contributed by atoms with Gasteiger partial charge in [0.2, 0.25) is 5.91 Å². The maximum absolute atomic E-state index is 14.2. The van der Waals surface area contributed by atoms with Crippen LogP contribution in [0.15, 0.2) is 36.9 Å². The summed E-state index contributed by atoms with van der Waals surface area (Å²) in [5, 5.41) is 0.881. The molecule has 162 valence electrons. The van der Waals surface area contributed by atoms with Crippen molar-refractivity contribution in [2.45, 2.75) is 58.4 Å². The molecule has 4 fully saturated rings. The van der Waals surface area contributed by atoms with Crippen LogP contribution in [-0.2, 0) is 11.3 Å². The molecule has 1 amide bonds. The highest BCUT2D eigenvalue weighted by molar-refractivity contribution is 7.22. The third kappa shape index (κ3) is 3.49. The summed E-state index contributed by atoms with van der Waals surface area (Å²) >= 11 is 1.67. The number of aromatic nitrogens is 3. The van der Waals surface area contributed by atoms with Crippen molar-refractivity contribution in [1.29, 1.82) is 0 Å². The molecule has 5 nitrogen and oxygen atoms in total. The van der Waals surface area contributed by atoms with E-state index in [4.69, 9.17) is 4.98 Å². The van der Waals surface area contributed by atoms with Crippen molar-refractivity contribution in [2.24, 2.45) is 23.2 Å². The van der Waals surface area contributed by atoms with Gasteiger partial charge in [-0.3, -0.25) is 9.69 Å². The van der Waals surface area contributed by atoms with Crippen LogP contribution in [-0.4, -0.2) is 27.0 Å². The number of aryl methyl sites for hydroxylation is 2. The van der Waals surface area contributed by atoms with Gasteiger partial charge in [0, 0.05) is 25.5 Å². The van der Waals surface area contributed by atoms with Gasteiger partial charge in [0.15, 0.2) is 5.13 Å². The molecule has 0 atom stereocenters. The molecule has 4 saturated carbocycles. The van der Waals surface area contributed by atoms with Gasteiger partial charge in [-0.05, 0) is 87.3 Å². The number of rotatable bonds is 6. The average Bonchev–Trinajstić information content (AvgIpc) is 3.39. The first-order valence-electron chi connectivity index (χ1n) is 11.7. The molecule has 0 saturated heterocycles. The zero-order valence-electron chi connectivity index (χ0n) is 18.2. The maximum Gasteiger partial charge on any atom is 0.235 e. The summed E-state index contributed by atoms with van der Waals surface area (Å²) in [6.07, 6.45) is 13.9. The fraction of sp³-hybridized carbons (Fsp3) is 0.560. The van der Waals surface area contributed by atoms with Gasteiger partial charge < -0.3 is 4.57 Å². The minimum Gasteiger partial charge on any atom is -0.337 e. The Balaban J connectivity index is 1.31. The highest BCUT2D eigenvalue weighted by Gasteiger charge is 2.55. The Labute approximate surface area is 187 Å². The van der Waals surface area contributed by atoms with Crippen LogP contribution in [0.5, 0.6) is 0 Å². The molecular weight excluding hydrogens is 404 g/mol. The fourth-order valence-electron chi connectivity index (χ4n) is 6.91. The Morgan fingerprint density at radius 1 is 1.19 bits per heavy atom. The summed E-state index contributed by atoms with van der Waals surface area (Å²) in [6, 6.07) is 6.38. The Morgan fingerprint density at radius 3 is 2.61 bits per heavy atom. The number of hydrogen-bond donors (Lipinski definition) is 0. The fourth-order valence-corrected chi connectivity index (χ4v) is 8.00. The van der Waals surface area contributed by atoms with Crippen LogP contribution in [0, 0.1) is 30.1 Å². The first-order valence-corrected chi connectivity index (χ1v) is 12.5. The van der Waals surface area contributed by atoms with Crippen LogP contribution < -0.4 is 4.90 Å². The van der Waals surface area contributed by atoms with E-state index in [2.05, 4.69) is 39.6 Å². The van der Waals surface area contributed by atoms with E-state index in [0.29, 0.717) is 5.91 Å². The van der Waals surface area contributed by atoms with Gasteiger partial charge in [0.05, 0.1) is 22.0 Å². The molecule has 0 radical (unpaired) electrons. The highest BCUT2D eigenvalue weighted by atomic mass is 32.1. The van der Waals surface area contributed by atoms with E-state index in [9.17, 15) is 4.79 Å². The molecule has 0 unspecified atom stereocenters. The SMILES string of the molecule is Cc1ccc2nc(N(CCCn3ccnc3)C(=O)C34CC5CC(CC(C5)C3)C4)sc2c1. The van der Waals surface area contributed by atoms with E-state index >= 15 is 0 Å². The maximum atomic E-state index is 14.2. The monoisotopic (exact) mass is 434 g/mol. The zero-order chi connectivity index (χ0) is 21.0. The first kappa shape index (κ1) is 19.5. The average molecular weight is 435 g/mol. The van der Waals surface area contributed by atoms with E-state index in [-0.39, 0.29) is 5.41 Å². The topological polar surface area (TPSA) is 51.0 Å². The number of hydrogen-bond acceptors (Lipinski definition) is 4. The number of nitrogens with zero attached hydrogens (tertiary/aromatic N) is 4. The van der Waals surface area contributed by atoms with Crippen molar-refractivity contribution >= 4 is 32.6 Å². The van der Waals surface area contributed by atoms with Crippen LogP contribution in [0.1, 0.15) is 50.5 Å². The minimum absolute atomic E-state index is 0.141. The molecule has 7 rings (SSSR count). The van der Waals surface area contributed by atoms with Crippen molar-refractivity contribution in [3.8, 4) is 0 Å². The van der Waals surface area contributed by atoms with Crippen LogP contribution in [0.3, 0.4) is 0 Å². The molecule has 4 bridgehead atoms. The van der Waals surface area contributed by atoms with E-state index < -0.39 is 0 Å². The second kappa shape index (κ2) is 7.44. The first-order chi connectivity index (χ1) is 15.1. The predicted molar refractivity (Wildman–Crippen MR) is 124 cm³/mol. The summed E-state index contributed by atoms with van der Waals surface area (Å²) in [4.78, 5) is 25.3. The molecule has 6 heteroatoms. The van der Waals surface area contributed by atoms with Crippen LogP contribution >= 0.6 is 11.3 Å². The zero-order valence-corrected chi connectivity index (χ0v) is 19.0. The lowest BCUT2D eigenvalue weighted by molar-refractivity contribution is -0.143. The largest absolute Gasteiger partial charge is 0.337 e. The number of benzene rings is 1. The lowest BCUT2D eigenvalue weighted by Crippen LogP contribution is -2.55. The van der Waals surface area contributed by atoms with Gasteiger partial charge in [-0.15, -0.1) is 0 Å². The number of imidazole rings is 1. The second-order valence-electron chi connectivity index (χ2n) is 10.3. The smallest absolute Gasteiger partial charge is 0.235 e. The normalized spacial score (nSPS) is 29.0. The van der Waals surface area contributed by atoms with Crippen molar-refractivity contribution in [2.75, 3.05) is 11.4 Å². The van der Waals surface area contributed by atoms with Crippen molar-refractivity contribution < 1.29 is 4.79 Å². The van der Waals surface area contributed by atoms with Crippen LogP contribution in [0.2, 0.25) is 0 Å². The Hall–Kier alpha value is -2.21. The molecule has 1 aromatic carbocycles. The number of carbonyl (C=O) groups is 1. The lowest BCUT2D eigenvalue weighted by atomic mass is 9.49. The molecule has 2 aromatic heterocycles. The van der Waals surface area contributed by atoms with Crippen molar-refractivity contribution in [3.63, 3.8) is 0 Å². The van der Waals surface area contributed by atoms with Gasteiger partial charge >= 0.3 is 0 Å². The van der Waals surface area contributed by atoms with E-state index in [1.807, 2.05) is 18.7 Å². The molecular formula is C25H30N4OS. The van der Waals surface area contributed by atoms with Gasteiger partial charge in [0.25, 0.3) is 0 Å². The number of fused-ring (bicyclic) bond motifs is 1. The molecule has 0 spiro atoms. The van der Waals surface area contributed by atoms with Crippen molar-refractivity contribution in [3.05, 3.63) is 42.5 Å². The number of anilines is 1. The van der Waals surface area contributed by atoms with E-state index in [1.54, 1.807) is 11.3 Å². The standard InChI is InChI=1S/C25H30N4OS/c1-17-3-4-21-22(9-17)31-24(27-21)29(7-2-6-28-8-5-26-16-28)23(30)25-13-18-10-19(14-25)12-20(11-18)15-25/h3-5,8-9,16,18-20H,2,6-7,10-15H2,1H3. The van der Waals surface area contributed by atoms with Gasteiger partial charge in [-0.2, -0.15) is 0 Å². The highest BCUT2D eigenvalue weighted by Crippen LogP contribution is 2.60. The van der Waals surface area contributed by atoms with Gasteiger partial charge in [-0.25, -0.2) is 9.97 Å². The summed E-state index contributed by atoms with van der Waals surface area (Å²) in [7, 11) is 0. The predicted octanol–water partition coefficient (Wildman–Crippen LogP) is 5.44. The van der Waals surface area contributed by atoms with Crippen LogP contribution in [0.25, 0.3) is 10.2 Å². The third-order valence-electron chi connectivity index (χ3n) is 7.86. The second-order valence-corrected chi connectivity index (χ2v) is 11.3. The van der Waals surface area contributed by atoms with E-state index in [1.165, 1.54) is 29.5 Å². The molecule has 31 heavy (non-hydrogen) atoms. The summed E-state index contributed by atoms with van der Waals surface area (Å²) < 4.78 is 3.27. The molecule has 4 aliphatic rings. The number of carbonyl (C=O) groups excluding carboxylic acids is 1. The Kier molecular flexibility index (Phi) is 4.67. The van der Waals surface area contributed by atoms with E-state index in [0.717, 1.165) is 67.2 Å². The Morgan fingerprint density at radius 2 is 1.94 bits per heavy atom. The summed E-state index contributed by atoms with van der Waals surface area (Å²) in [5.41, 5.74) is 2.10. The molecule has 4 aliphatic carbocycles. The van der Waals surface area contributed by atoms with Crippen molar-refractivity contribution in [1.82, 2.24) is 14.5 Å². The summed E-state index contributed by atoms with van der Waals surface area (Å²) in [5.74, 6) is 2.65. The number of amides is 1. The molecule has 0 N–H and O–H groups in total. The summed E-state index contributed by atoms with van der Waals surface area (Å²) in [6.45, 7) is 3.70.